The summed E-state index contributed by atoms with van der Waals surface area (Å²) in [6.07, 6.45) is -0.177. The van der Waals surface area contributed by atoms with Crippen LogP contribution in [0.1, 0.15) is 33.9 Å². The van der Waals surface area contributed by atoms with E-state index in [0.717, 1.165) is 27.1 Å². The molecule has 32 heavy (non-hydrogen) atoms. The van der Waals surface area contributed by atoms with Gasteiger partial charge in [-0.2, -0.15) is 5.10 Å². The summed E-state index contributed by atoms with van der Waals surface area (Å²) in [7, 11) is 3.24. The summed E-state index contributed by atoms with van der Waals surface area (Å²) in [6.45, 7) is 0. The van der Waals surface area contributed by atoms with Gasteiger partial charge in [-0.3, -0.25) is 4.79 Å². The Morgan fingerprint density at radius 2 is 1.66 bits per heavy atom. The SMILES string of the molecule is COc1ccc(C(=O)[C@@H]2Oc3ccc(Br)cc3[C@H]3CC(c4ccc(OC)cc4)=NN32)cc1. The van der Waals surface area contributed by atoms with Gasteiger partial charge in [0.1, 0.15) is 17.2 Å². The predicted molar refractivity (Wildman–Crippen MR) is 125 cm³/mol. The van der Waals surface area contributed by atoms with E-state index >= 15 is 0 Å². The standard InChI is InChI=1S/C25H21BrN2O4/c1-30-18-8-3-15(4-9-18)21-14-22-20-13-17(26)7-12-23(20)32-25(28(22)27-21)24(29)16-5-10-19(31-2)11-6-16/h3-13,22,25H,14H2,1-2H3/t22-,25+/m1/s1. The fourth-order valence-corrected chi connectivity index (χ4v) is 4.47. The molecule has 2 atom stereocenters. The second-order valence-electron chi connectivity index (χ2n) is 7.62. The molecule has 0 fully saturated rings. The molecule has 162 valence electrons. The lowest BCUT2D eigenvalue weighted by Crippen LogP contribution is -2.45. The number of hydrogen-bond donors (Lipinski definition) is 0. The van der Waals surface area contributed by atoms with Gasteiger partial charge in [-0.1, -0.05) is 15.9 Å². The van der Waals surface area contributed by atoms with Crippen molar-refractivity contribution in [1.29, 1.82) is 0 Å². The van der Waals surface area contributed by atoms with Crippen molar-refractivity contribution in [2.24, 2.45) is 5.10 Å². The molecule has 0 bridgehead atoms. The third kappa shape index (κ3) is 3.62. The minimum Gasteiger partial charge on any atom is -0.497 e. The van der Waals surface area contributed by atoms with Crippen LogP contribution < -0.4 is 14.2 Å². The van der Waals surface area contributed by atoms with E-state index in [2.05, 4.69) is 15.9 Å². The molecule has 0 saturated carbocycles. The Balaban J connectivity index is 1.53. The number of ether oxygens (including phenoxy) is 3. The van der Waals surface area contributed by atoms with Crippen molar-refractivity contribution in [3.8, 4) is 17.2 Å². The van der Waals surface area contributed by atoms with Gasteiger partial charge < -0.3 is 14.2 Å². The highest BCUT2D eigenvalue weighted by Gasteiger charge is 2.43. The van der Waals surface area contributed by atoms with E-state index in [1.165, 1.54) is 0 Å². The summed E-state index contributed by atoms with van der Waals surface area (Å²) in [5.74, 6) is 2.04. The maximum absolute atomic E-state index is 13.4. The number of Topliss-reactive ketones (excluding diaryl/α,β-unsaturated/α-hetero) is 1. The molecule has 5 rings (SSSR count). The van der Waals surface area contributed by atoms with Gasteiger partial charge in [0.2, 0.25) is 5.78 Å². The summed E-state index contributed by atoms with van der Waals surface area (Å²) in [4.78, 5) is 13.4. The molecule has 0 aromatic heterocycles. The van der Waals surface area contributed by atoms with Crippen molar-refractivity contribution < 1.29 is 19.0 Å². The van der Waals surface area contributed by atoms with Gasteiger partial charge in [0.25, 0.3) is 6.23 Å². The molecule has 0 unspecified atom stereocenters. The number of halogens is 1. The first-order valence-corrected chi connectivity index (χ1v) is 11.0. The normalized spacial score (nSPS) is 18.8. The number of methoxy groups -OCH3 is 2. The smallest absolute Gasteiger partial charge is 0.251 e. The van der Waals surface area contributed by atoms with Crippen molar-refractivity contribution in [3.05, 3.63) is 87.9 Å². The maximum Gasteiger partial charge on any atom is 0.251 e. The molecule has 7 heteroatoms. The van der Waals surface area contributed by atoms with Crippen LogP contribution in [-0.2, 0) is 0 Å². The van der Waals surface area contributed by atoms with Crippen molar-refractivity contribution >= 4 is 27.4 Å². The molecule has 0 spiro atoms. The fraction of sp³-hybridized carbons (Fsp3) is 0.200. The number of nitrogens with zero attached hydrogens (tertiary/aromatic N) is 2. The summed E-state index contributed by atoms with van der Waals surface area (Å²) in [5, 5.41) is 6.64. The molecule has 2 aliphatic heterocycles. The van der Waals surface area contributed by atoms with Crippen LogP contribution in [0.5, 0.6) is 17.2 Å². The van der Waals surface area contributed by atoms with Crippen LogP contribution in [0.25, 0.3) is 0 Å². The van der Waals surface area contributed by atoms with Crippen LogP contribution >= 0.6 is 15.9 Å². The lowest BCUT2D eigenvalue weighted by molar-refractivity contribution is -0.00459. The molecule has 0 N–H and O–H groups in total. The quantitative estimate of drug-likeness (QED) is 0.457. The Morgan fingerprint density at radius 3 is 2.31 bits per heavy atom. The van der Waals surface area contributed by atoms with Gasteiger partial charge in [0.15, 0.2) is 0 Å². The number of hydrazone groups is 1. The number of hydrogen-bond acceptors (Lipinski definition) is 6. The highest BCUT2D eigenvalue weighted by atomic mass is 79.9. The molecule has 6 nitrogen and oxygen atoms in total. The van der Waals surface area contributed by atoms with E-state index in [-0.39, 0.29) is 11.8 Å². The number of rotatable bonds is 5. The first kappa shape index (κ1) is 20.6. The van der Waals surface area contributed by atoms with Crippen LogP contribution in [-0.4, -0.2) is 37.0 Å². The number of ketones is 1. The summed E-state index contributed by atoms with van der Waals surface area (Å²) >= 11 is 3.55. The zero-order valence-electron chi connectivity index (χ0n) is 17.6. The van der Waals surface area contributed by atoms with Gasteiger partial charge in [0, 0.05) is 22.0 Å². The second kappa shape index (κ2) is 8.31. The highest BCUT2D eigenvalue weighted by Crippen LogP contribution is 2.44. The Bertz CT molecular complexity index is 1190. The van der Waals surface area contributed by atoms with Crippen molar-refractivity contribution in [1.82, 2.24) is 5.01 Å². The molecule has 0 amide bonds. The van der Waals surface area contributed by atoms with Gasteiger partial charge in [-0.25, -0.2) is 5.01 Å². The van der Waals surface area contributed by atoms with E-state index in [1.54, 1.807) is 43.5 Å². The topological polar surface area (TPSA) is 60.4 Å². The first-order valence-electron chi connectivity index (χ1n) is 10.2. The molecule has 2 heterocycles. The zero-order chi connectivity index (χ0) is 22.2. The van der Waals surface area contributed by atoms with E-state index in [9.17, 15) is 4.79 Å². The van der Waals surface area contributed by atoms with Gasteiger partial charge in [-0.05, 0) is 72.3 Å². The van der Waals surface area contributed by atoms with Gasteiger partial charge in [-0.15, -0.1) is 0 Å². The predicted octanol–water partition coefficient (Wildman–Crippen LogP) is 5.22. The molecule has 3 aromatic rings. The zero-order valence-corrected chi connectivity index (χ0v) is 19.2. The van der Waals surface area contributed by atoms with Gasteiger partial charge in [0.05, 0.1) is 26.0 Å². The van der Waals surface area contributed by atoms with Crippen LogP contribution in [0.15, 0.2) is 76.3 Å². The number of carbonyl (C=O) groups excluding carboxylic acids is 1. The summed E-state index contributed by atoms with van der Waals surface area (Å²) < 4.78 is 17.6. The van der Waals surface area contributed by atoms with Crippen LogP contribution in [0.2, 0.25) is 0 Å². The fourth-order valence-electron chi connectivity index (χ4n) is 4.09. The van der Waals surface area contributed by atoms with Gasteiger partial charge >= 0.3 is 0 Å². The van der Waals surface area contributed by atoms with Crippen LogP contribution in [0.3, 0.4) is 0 Å². The van der Waals surface area contributed by atoms with Crippen molar-refractivity contribution in [3.63, 3.8) is 0 Å². The molecular formula is C25H21BrN2O4. The first-order chi connectivity index (χ1) is 15.6. The minimum absolute atomic E-state index is 0.0967. The lowest BCUT2D eigenvalue weighted by Gasteiger charge is -2.37. The highest BCUT2D eigenvalue weighted by molar-refractivity contribution is 9.10. The molecular weight excluding hydrogens is 472 g/mol. The van der Waals surface area contributed by atoms with Crippen molar-refractivity contribution in [2.45, 2.75) is 18.7 Å². The number of benzene rings is 3. The second-order valence-corrected chi connectivity index (χ2v) is 8.54. The van der Waals surface area contributed by atoms with E-state index in [1.807, 2.05) is 42.5 Å². The van der Waals surface area contributed by atoms with Crippen LogP contribution in [0.4, 0.5) is 0 Å². The van der Waals surface area contributed by atoms with Crippen molar-refractivity contribution in [2.75, 3.05) is 14.2 Å². The molecule has 2 aliphatic rings. The van der Waals surface area contributed by atoms with E-state index < -0.39 is 6.23 Å². The molecule has 0 saturated heterocycles. The molecule has 3 aromatic carbocycles. The molecule has 0 radical (unpaired) electrons. The van der Waals surface area contributed by atoms with E-state index in [4.69, 9.17) is 19.3 Å². The maximum atomic E-state index is 13.4. The number of carbonyl (C=O) groups is 1. The average Bonchev–Trinajstić information content (AvgIpc) is 3.29. The Labute approximate surface area is 194 Å². The van der Waals surface area contributed by atoms with Crippen LogP contribution in [0, 0.1) is 0 Å². The largest absolute Gasteiger partial charge is 0.497 e. The third-order valence-electron chi connectivity index (χ3n) is 5.77. The third-order valence-corrected chi connectivity index (χ3v) is 6.27. The minimum atomic E-state index is -0.849. The Hall–Kier alpha value is -3.32. The monoisotopic (exact) mass is 492 g/mol. The lowest BCUT2D eigenvalue weighted by atomic mass is 9.95. The Kier molecular flexibility index (Phi) is 5.35. The summed E-state index contributed by atoms with van der Waals surface area (Å²) in [6, 6.07) is 20.6. The number of fused-ring (bicyclic) bond motifs is 3. The summed E-state index contributed by atoms with van der Waals surface area (Å²) in [5.41, 5.74) is 3.45. The average molecular weight is 493 g/mol. The van der Waals surface area contributed by atoms with E-state index in [0.29, 0.717) is 23.5 Å². The molecule has 0 aliphatic carbocycles. The Morgan fingerprint density at radius 1 is 1.00 bits per heavy atom.